The Morgan fingerprint density at radius 2 is 1.81 bits per heavy atom. The lowest BCUT2D eigenvalue weighted by molar-refractivity contribution is -0.135. The number of rotatable bonds is 4. The van der Waals surface area contributed by atoms with Crippen molar-refractivity contribution in [1.29, 1.82) is 0 Å². The number of carbonyl (C=O) groups excluding carboxylic acids is 3. The molecule has 37 heavy (non-hydrogen) atoms. The van der Waals surface area contributed by atoms with Crippen LogP contribution in [0, 0.1) is 5.41 Å². The lowest BCUT2D eigenvalue weighted by atomic mass is 9.73. The third-order valence-electron chi connectivity index (χ3n) is 7.30. The topological polar surface area (TPSA) is 88.2 Å². The first-order chi connectivity index (χ1) is 17.9. The summed E-state index contributed by atoms with van der Waals surface area (Å²) in [5.41, 5.74) is -0.0151. The zero-order valence-corrected chi connectivity index (χ0v) is 22.0. The fourth-order valence-corrected chi connectivity index (χ4v) is 5.30. The minimum atomic E-state index is -0.508. The Balaban J connectivity index is 1.51. The molecule has 2 bridgehead atoms. The Morgan fingerprint density at radius 3 is 2.57 bits per heavy atom. The maximum atomic E-state index is 13.3. The molecule has 0 spiro atoms. The van der Waals surface area contributed by atoms with Crippen molar-refractivity contribution in [2.45, 2.75) is 32.1 Å². The second-order valence-electron chi connectivity index (χ2n) is 9.58. The van der Waals surface area contributed by atoms with Gasteiger partial charge in [0.25, 0.3) is 11.8 Å². The number of hydrogen-bond donors (Lipinski definition) is 1. The number of amides is 3. The monoisotopic (exact) mass is 527 g/mol. The molecule has 198 valence electrons. The molecule has 1 N–H and O–H groups in total. The first kappa shape index (κ1) is 26.8. The maximum Gasteiger partial charge on any atom is 0.260 e. The molecule has 1 fully saturated rings. The number of nitrogens with one attached hydrogen (secondary N) is 1. The molecule has 8 nitrogen and oxygen atoms in total. The van der Waals surface area contributed by atoms with Crippen molar-refractivity contribution in [2.75, 3.05) is 46.4 Å². The van der Waals surface area contributed by atoms with Crippen molar-refractivity contribution in [2.24, 2.45) is 5.41 Å². The molecule has 0 radical (unpaired) electrons. The largest absolute Gasteiger partial charge is 0.491 e. The van der Waals surface area contributed by atoms with Gasteiger partial charge in [-0.15, -0.1) is 0 Å². The third-order valence-corrected chi connectivity index (χ3v) is 7.53. The van der Waals surface area contributed by atoms with Gasteiger partial charge in [0.05, 0.1) is 17.5 Å². The molecule has 0 atom stereocenters. The molecule has 0 unspecified atom stereocenters. The zero-order valence-electron chi connectivity index (χ0n) is 21.2. The number of benzene rings is 2. The van der Waals surface area contributed by atoms with Crippen LogP contribution in [0.25, 0.3) is 0 Å². The standard InChI is InChI=1S/C28H34ClN3O5/c1-30-27(35)28-11-4-5-14-31(25(33)20-37-22-8-6-7-21(29)19-22)17-18-36-24-10-3-2-9-23(24)26(34)32(15-12-28)16-13-28/h2-3,6-10,19H,4-5,11-18,20H2,1H3,(H,30,35). The number of nitrogens with zero attached hydrogens (tertiary/aromatic N) is 2. The molecule has 9 heteroatoms. The molecule has 0 saturated carbocycles. The van der Waals surface area contributed by atoms with E-state index < -0.39 is 5.41 Å². The van der Waals surface area contributed by atoms with Gasteiger partial charge in [-0.25, -0.2) is 0 Å². The van der Waals surface area contributed by atoms with E-state index in [2.05, 4.69) is 5.32 Å². The fourth-order valence-electron chi connectivity index (χ4n) is 5.12. The highest BCUT2D eigenvalue weighted by molar-refractivity contribution is 6.30. The summed E-state index contributed by atoms with van der Waals surface area (Å²) in [5.74, 6) is 0.786. The van der Waals surface area contributed by atoms with Crippen LogP contribution in [0.1, 0.15) is 42.5 Å². The van der Waals surface area contributed by atoms with Crippen molar-refractivity contribution in [3.63, 3.8) is 0 Å². The molecule has 3 aliphatic rings. The average molecular weight is 528 g/mol. The van der Waals surface area contributed by atoms with Crippen molar-refractivity contribution < 1.29 is 23.9 Å². The summed E-state index contributed by atoms with van der Waals surface area (Å²) in [7, 11) is 1.66. The third kappa shape index (κ3) is 6.55. The molecule has 3 aliphatic heterocycles. The predicted molar refractivity (Wildman–Crippen MR) is 141 cm³/mol. The quantitative estimate of drug-likeness (QED) is 0.654. The summed E-state index contributed by atoms with van der Waals surface area (Å²) in [5, 5.41) is 3.37. The Kier molecular flexibility index (Phi) is 8.92. The molecular formula is C28H34ClN3O5. The smallest absolute Gasteiger partial charge is 0.260 e. The second kappa shape index (κ2) is 12.3. The molecule has 0 aliphatic carbocycles. The van der Waals surface area contributed by atoms with Crippen LogP contribution in [0.3, 0.4) is 0 Å². The summed E-state index contributed by atoms with van der Waals surface area (Å²) in [4.78, 5) is 42.9. The SMILES string of the molecule is CNC(=O)C12CCCCN(C(=O)COc3cccc(Cl)c3)CCOc3ccccc3C(=O)N(CC1)CC2. The predicted octanol–water partition coefficient (Wildman–Crippen LogP) is 3.78. The summed E-state index contributed by atoms with van der Waals surface area (Å²) >= 11 is 6.02. The van der Waals surface area contributed by atoms with Crippen LogP contribution in [-0.4, -0.2) is 74.0 Å². The molecule has 5 rings (SSSR count). The highest BCUT2D eigenvalue weighted by Crippen LogP contribution is 2.38. The van der Waals surface area contributed by atoms with Gasteiger partial charge < -0.3 is 24.6 Å². The van der Waals surface area contributed by atoms with E-state index in [1.54, 1.807) is 48.3 Å². The molecule has 0 aromatic heterocycles. The Morgan fingerprint density at radius 1 is 1.03 bits per heavy atom. The molecule has 3 heterocycles. The van der Waals surface area contributed by atoms with Gasteiger partial charge in [0, 0.05) is 31.7 Å². The van der Waals surface area contributed by atoms with E-state index in [0.29, 0.717) is 67.5 Å². The number of fused-ring (bicyclic) bond motifs is 9. The van der Waals surface area contributed by atoms with Gasteiger partial charge in [-0.1, -0.05) is 36.2 Å². The highest BCUT2D eigenvalue weighted by Gasteiger charge is 2.41. The van der Waals surface area contributed by atoms with Gasteiger partial charge >= 0.3 is 0 Å². The molecule has 2 aromatic carbocycles. The minimum Gasteiger partial charge on any atom is -0.491 e. The molecule has 2 aromatic rings. The van der Waals surface area contributed by atoms with Crippen molar-refractivity contribution >= 4 is 29.3 Å². The van der Waals surface area contributed by atoms with Crippen LogP contribution in [0.5, 0.6) is 11.5 Å². The first-order valence-corrected chi connectivity index (χ1v) is 13.2. The van der Waals surface area contributed by atoms with E-state index >= 15 is 0 Å². The summed E-state index contributed by atoms with van der Waals surface area (Å²) in [6.45, 7) is 2.04. The van der Waals surface area contributed by atoms with Crippen LogP contribution in [-0.2, 0) is 9.59 Å². The van der Waals surface area contributed by atoms with Crippen molar-refractivity contribution in [3.8, 4) is 11.5 Å². The minimum absolute atomic E-state index is 0.0236. The van der Waals surface area contributed by atoms with Crippen LogP contribution < -0.4 is 14.8 Å². The summed E-state index contributed by atoms with van der Waals surface area (Å²) in [6.07, 6.45) is 3.47. The van der Waals surface area contributed by atoms with E-state index in [9.17, 15) is 14.4 Å². The normalized spacial score (nSPS) is 18.2. The zero-order chi connectivity index (χ0) is 26.3. The van der Waals surface area contributed by atoms with Gasteiger partial charge in [0.2, 0.25) is 5.91 Å². The number of piperidine rings is 1. The van der Waals surface area contributed by atoms with Crippen LogP contribution in [0.2, 0.25) is 5.02 Å². The van der Waals surface area contributed by atoms with Crippen molar-refractivity contribution in [3.05, 3.63) is 59.1 Å². The fraction of sp³-hybridized carbons (Fsp3) is 0.464. The van der Waals surface area contributed by atoms with Crippen molar-refractivity contribution in [1.82, 2.24) is 15.1 Å². The van der Waals surface area contributed by atoms with E-state index in [4.69, 9.17) is 21.1 Å². The van der Waals surface area contributed by atoms with Crippen LogP contribution in [0.15, 0.2) is 48.5 Å². The molecule has 3 amide bonds. The van der Waals surface area contributed by atoms with Gasteiger partial charge in [0.15, 0.2) is 6.61 Å². The number of carbonyl (C=O) groups is 3. The molecule has 1 saturated heterocycles. The van der Waals surface area contributed by atoms with Crippen LogP contribution in [0.4, 0.5) is 0 Å². The van der Waals surface area contributed by atoms with Gasteiger partial charge in [-0.2, -0.15) is 0 Å². The van der Waals surface area contributed by atoms with E-state index in [1.165, 1.54) is 0 Å². The Bertz CT molecular complexity index is 1120. The average Bonchev–Trinajstić information content (AvgIpc) is 2.93. The van der Waals surface area contributed by atoms with Gasteiger partial charge in [-0.05, 0) is 56.0 Å². The first-order valence-electron chi connectivity index (χ1n) is 12.8. The number of halogens is 1. The number of ether oxygens (including phenoxy) is 2. The van der Waals surface area contributed by atoms with E-state index in [0.717, 1.165) is 12.8 Å². The lowest BCUT2D eigenvalue weighted by Gasteiger charge is -2.40. The van der Waals surface area contributed by atoms with Gasteiger partial charge in [0.1, 0.15) is 18.1 Å². The maximum absolute atomic E-state index is 13.3. The van der Waals surface area contributed by atoms with E-state index in [1.807, 2.05) is 17.0 Å². The van der Waals surface area contributed by atoms with E-state index in [-0.39, 0.29) is 30.9 Å². The lowest BCUT2D eigenvalue weighted by Crippen LogP contribution is -2.49. The summed E-state index contributed by atoms with van der Waals surface area (Å²) < 4.78 is 11.7. The van der Waals surface area contributed by atoms with Gasteiger partial charge in [-0.3, -0.25) is 14.4 Å². The molecular weight excluding hydrogens is 494 g/mol. The van der Waals surface area contributed by atoms with Crippen LogP contribution >= 0.6 is 11.6 Å². The summed E-state index contributed by atoms with van der Waals surface area (Å²) in [6, 6.07) is 14.1. The Labute approximate surface area is 222 Å². The number of para-hydroxylation sites is 1. The highest BCUT2D eigenvalue weighted by atomic mass is 35.5. The second-order valence-corrected chi connectivity index (χ2v) is 10.0. The Hall–Kier alpha value is -3.26. The number of hydrogen-bond acceptors (Lipinski definition) is 5.